The van der Waals surface area contributed by atoms with Crippen molar-refractivity contribution in [3.8, 4) is 0 Å². The Morgan fingerprint density at radius 1 is 1.27 bits per heavy atom. The molecule has 4 heteroatoms. The van der Waals surface area contributed by atoms with Crippen LogP contribution in [-0.2, 0) is 14.3 Å². The molecule has 0 aliphatic heterocycles. The SMILES string of the molecule is COC(=O)[C@@H](NC(C)=O)C1CCCCC1. The molecular formula is C11H19NO3. The molecule has 0 aromatic rings. The van der Waals surface area contributed by atoms with E-state index >= 15 is 0 Å². The summed E-state index contributed by atoms with van der Waals surface area (Å²) in [5.74, 6) is -0.247. The maximum Gasteiger partial charge on any atom is 0.328 e. The van der Waals surface area contributed by atoms with Gasteiger partial charge in [0.2, 0.25) is 5.91 Å². The second-order valence-electron chi connectivity index (χ2n) is 4.10. The highest BCUT2D eigenvalue weighted by Crippen LogP contribution is 2.26. The van der Waals surface area contributed by atoms with Crippen LogP contribution in [0.25, 0.3) is 0 Å². The maximum atomic E-state index is 11.5. The van der Waals surface area contributed by atoms with E-state index in [-0.39, 0.29) is 17.8 Å². The molecule has 86 valence electrons. The van der Waals surface area contributed by atoms with Crippen LogP contribution in [-0.4, -0.2) is 25.0 Å². The van der Waals surface area contributed by atoms with E-state index in [1.54, 1.807) is 0 Å². The second-order valence-corrected chi connectivity index (χ2v) is 4.10. The molecule has 0 heterocycles. The van der Waals surface area contributed by atoms with Crippen molar-refractivity contribution in [2.45, 2.75) is 45.1 Å². The fourth-order valence-corrected chi connectivity index (χ4v) is 2.18. The van der Waals surface area contributed by atoms with Gasteiger partial charge >= 0.3 is 5.97 Å². The second kappa shape index (κ2) is 5.73. The lowest BCUT2D eigenvalue weighted by molar-refractivity contribution is -0.146. The lowest BCUT2D eigenvalue weighted by Gasteiger charge is -2.28. The van der Waals surface area contributed by atoms with E-state index in [9.17, 15) is 9.59 Å². The van der Waals surface area contributed by atoms with Gasteiger partial charge in [-0.2, -0.15) is 0 Å². The maximum absolute atomic E-state index is 11.5. The van der Waals surface area contributed by atoms with E-state index in [1.165, 1.54) is 20.5 Å². The molecule has 0 saturated heterocycles. The van der Waals surface area contributed by atoms with Crippen LogP contribution in [0.15, 0.2) is 0 Å². The zero-order chi connectivity index (χ0) is 11.3. The number of ether oxygens (including phenoxy) is 1. The standard InChI is InChI=1S/C11H19NO3/c1-8(13)12-10(11(14)15-2)9-6-4-3-5-7-9/h9-10H,3-7H2,1-2H3,(H,12,13)/t10-/m0/s1. The van der Waals surface area contributed by atoms with Crippen molar-refractivity contribution in [1.82, 2.24) is 5.32 Å². The highest BCUT2D eigenvalue weighted by Gasteiger charge is 2.30. The van der Waals surface area contributed by atoms with Crippen molar-refractivity contribution in [2.75, 3.05) is 7.11 Å². The van der Waals surface area contributed by atoms with Crippen molar-refractivity contribution in [3.05, 3.63) is 0 Å². The topological polar surface area (TPSA) is 55.4 Å². The fourth-order valence-electron chi connectivity index (χ4n) is 2.18. The predicted octanol–water partition coefficient (Wildman–Crippen LogP) is 1.24. The Kier molecular flexibility index (Phi) is 4.59. The van der Waals surface area contributed by atoms with Gasteiger partial charge in [-0.1, -0.05) is 19.3 Å². The molecule has 1 aliphatic rings. The number of carbonyl (C=O) groups is 2. The lowest BCUT2D eigenvalue weighted by atomic mass is 9.84. The zero-order valence-corrected chi connectivity index (χ0v) is 9.41. The first-order chi connectivity index (χ1) is 7.15. The van der Waals surface area contributed by atoms with Gasteiger partial charge in [0, 0.05) is 6.92 Å². The van der Waals surface area contributed by atoms with E-state index in [1.807, 2.05) is 0 Å². The number of hydrogen-bond acceptors (Lipinski definition) is 3. The summed E-state index contributed by atoms with van der Waals surface area (Å²) >= 11 is 0. The van der Waals surface area contributed by atoms with Gasteiger partial charge in [-0.25, -0.2) is 4.79 Å². The molecule has 0 spiro atoms. The number of rotatable bonds is 3. The molecule has 1 aliphatic carbocycles. The number of carbonyl (C=O) groups excluding carboxylic acids is 2. The van der Waals surface area contributed by atoms with Gasteiger partial charge < -0.3 is 10.1 Å². The third-order valence-electron chi connectivity index (χ3n) is 2.94. The molecule has 0 bridgehead atoms. The number of hydrogen-bond donors (Lipinski definition) is 1. The summed E-state index contributed by atoms with van der Waals surface area (Å²) in [6, 6.07) is -0.451. The Morgan fingerprint density at radius 3 is 2.33 bits per heavy atom. The van der Waals surface area contributed by atoms with Gasteiger partial charge in [0.05, 0.1) is 7.11 Å². The van der Waals surface area contributed by atoms with Gasteiger partial charge in [0.25, 0.3) is 0 Å². The smallest absolute Gasteiger partial charge is 0.328 e. The molecule has 1 saturated carbocycles. The molecule has 0 aromatic carbocycles. The molecule has 1 atom stereocenters. The van der Waals surface area contributed by atoms with E-state index in [4.69, 9.17) is 4.74 Å². The van der Waals surface area contributed by atoms with Gasteiger partial charge in [-0.05, 0) is 18.8 Å². The number of esters is 1. The normalized spacial score (nSPS) is 19.3. The van der Waals surface area contributed by atoms with Crippen LogP contribution in [0, 0.1) is 5.92 Å². The highest BCUT2D eigenvalue weighted by atomic mass is 16.5. The average molecular weight is 213 g/mol. The first kappa shape index (κ1) is 12.0. The van der Waals surface area contributed by atoms with Crippen LogP contribution >= 0.6 is 0 Å². The van der Waals surface area contributed by atoms with Gasteiger partial charge in [0.15, 0.2) is 0 Å². The minimum atomic E-state index is -0.451. The van der Waals surface area contributed by atoms with Crippen LogP contribution in [0.4, 0.5) is 0 Å². The van der Waals surface area contributed by atoms with Crippen LogP contribution in [0.1, 0.15) is 39.0 Å². The summed E-state index contributed by atoms with van der Waals surface area (Å²) in [7, 11) is 1.36. The van der Waals surface area contributed by atoms with Crippen molar-refractivity contribution in [1.29, 1.82) is 0 Å². The van der Waals surface area contributed by atoms with Crippen molar-refractivity contribution >= 4 is 11.9 Å². The predicted molar refractivity (Wildman–Crippen MR) is 56.2 cm³/mol. The third-order valence-corrected chi connectivity index (χ3v) is 2.94. The van der Waals surface area contributed by atoms with Gasteiger partial charge in [-0.3, -0.25) is 4.79 Å². The van der Waals surface area contributed by atoms with Crippen LogP contribution < -0.4 is 5.32 Å². The Hall–Kier alpha value is -1.06. The molecule has 1 N–H and O–H groups in total. The third kappa shape index (κ3) is 3.53. The molecule has 0 radical (unpaired) electrons. The van der Waals surface area contributed by atoms with Crippen LogP contribution in [0.5, 0.6) is 0 Å². The molecule has 4 nitrogen and oxygen atoms in total. The summed E-state index contributed by atoms with van der Waals surface area (Å²) in [4.78, 5) is 22.5. The largest absolute Gasteiger partial charge is 0.467 e. The molecular weight excluding hydrogens is 194 g/mol. The molecule has 1 rings (SSSR count). The summed E-state index contributed by atoms with van der Waals surface area (Å²) in [5.41, 5.74) is 0. The van der Waals surface area contributed by atoms with E-state index < -0.39 is 6.04 Å². The van der Waals surface area contributed by atoms with Crippen LogP contribution in [0.3, 0.4) is 0 Å². The quantitative estimate of drug-likeness (QED) is 0.718. The first-order valence-corrected chi connectivity index (χ1v) is 5.50. The van der Waals surface area contributed by atoms with Crippen LogP contribution in [0.2, 0.25) is 0 Å². The van der Waals surface area contributed by atoms with Crippen molar-refractivity contribution in [2.24, 2.45) is 5.92 Å². The van der Waals surface area contributed by atoms with Crippen molar-refractivity contribution < 1.29 is 14.3 Å². The minimum absolute atomic E-state index is 0.170. The Bertz CT molecular complexity index is 234. The Morgan fingerprint density at radius 2 is 1.87 bits per heavy atom. The molecule has 1 amide bonds. The number of methoxy groups -OCH3 is 1. The molecule has 15 heavy (non-hydrogen) atoms. The lowest BCUT2D eigenvalue weighted by Crippen LogP contribution is -2.46. The van der Waals surface area contributed by atoms with Crippen molar-refractivity contribution in [3.63, 3.8) is 0 Å². The highest BCUT2D eigenvalue weighted by molar-refractivity contribution is 5.83. The van der Waals surface area contributed by atoms with E-state index in [0.29, 0.717) is 0 Å². The monoisotopic (exact) mass is 213 g/mol. The zero-order valence-electron chi connectivity index (χ0n) is 9.41. The van der Waals surface area contributed by atoms with Gasteiger partial charge in [0.1, 0.15) is 6.04 Å². The summed E-state index contributed by atoms with van der Waals surface area (Å²) in [6.45, 7) is 1.43. The van der Waals surface area contributed by atoms with E-state index in [2.05, 4.69) is 5.32 Å². The molecule has 0 aromatic heterocycles. The number of amides is 1. The Balaban J connectivity index is 2.60. The molecule has 0 unspecified atom stereocenters. The number of nitrogens with one attached hydrogen (secondary N) is 1. The molecule has 1 fully saturated rings. The fraction of sp³-hybridized carbons (Fsp3) is 0.818. The van der Waals surface area contributed by atoms with E-state index in [0.717, 1.165) is 25.7 Å². The summed E-state index contributed by atoms with van der Waals surface area (Å²) < 4.78 is 4.71. The average Bonchev–Trinajstić information content (AvgIpc) is 2.26. The Labute approximate surface area is 90.4 Å². The summed E-state index contributed by atoms with van der Waals surface area (Å²) in [5, 5.41) is 2.69. The summed E-state index contributed by atoms with van der Waals surface area (Å²) in [6.07, 6.45) is 5.50. The first-order valence-electron chi connectivity index (χ1n) is 5.50. The minimum Gasteiger partial charge on any atom is -0.467 e. The van der Waals surface area contributed by atoms with Gasteiger partial charge in [-0.15, -0.1) is 0 Å².